The lowest BCUT2D eigenvalue weighted by atomic mass is 9.92. The maximum Gasteiger partial charge on any atom is 0.134 e. The molecule has 1 aliphatic rings. The van der Waals surface area contributed by atoms with Crippen molar-refractivity contribution in [3.05, 3.63) is 12.4 Å². The number of hydrogen-bond donors (Lipinski definition) is 1. The molecule has 0 radical (unpaired) electrons. The van der Waals surface area contributed by atoms with Gasteiger partial charge in [-0.1, -0.05) is 6.92 Å². The van der Waals surface area contributed by atoms with Crippen LogP contribution in [0.25, 0.3) is 0 Å². The van der Waals surface area contributed by atoms with Crippen molar-refractivity contribution in [1.82, 2.24) is 9.97 Å². The molecular weight excluding hydrogens is 188 g/mol. The summed E-state index contributed by atoms with van der Waals surface area (Å²) in [7, 11) is 0. The van der Waals surface area contributed by atoms with Crippen LogP contribution in [0.3, 0.4) is 0 Å². The zero-order valence-electron chi connectivity index (χ0n) is 9.35. The van der Waals surface area contributed by atoms with Crippen LogP contribution in [0, 0.1) is 5.92 Å². The van der Waals surface area contributed by atoms with Gasteiger partial charge in [0.25, 0.3) is 0 Å². The third kappa shape index (κ3) is 2.03. The number of nitrogens with two attached hydrogens (primary N) is 1. The van der Waals surface area contributed by atoms with Crippen molar-refractivity contribution < 1.29 is 0 Å². The van der Waals surface area contributed by atoms with Crippen LogP contribution in [0.15, 0.2) is 12.4 Å². The lowest BCUT2D eigenvalue weighted by Crippen LogP contribution is -2.42. The minimum atomic E-state index is 0.535. The quantitative estimate of drug-likeness (QED) is 0.759. The molecule has 2 N–H and O–H groups in total. The minimum Gasteiger partial charge on any atom is -0.384 e. The number of anilines is 2. The number of aromatic nitrogens is 2. The molecule has 1 saturated heterocycles. The van der Waals surface area contributed by atoms with Crippen LogP contribution in [0.4, 0.5) is 11.6 Å². The molecule has 0 bridgehead atoms. The summed E-state index contributed by atoms with van der Waals surface area (Å²) in [5.41, 5.74) is 5.67. The van der Waals surface area contributed by atoms with Gasteiger partial charge in [0, 0.05) is 18.7 Å². The molecule has 0 aromatic carbocycles. The Labute approximate surface area is 90.5 Å². The molecule has 82 valence electrons. The number of nitrogens with zero attached hydrogens (tertiary/aromatic N) is 3. The van der Waals surface area contributed by atoms with E-state index in [2.05, 4.69) is 28.7 Å². The van der Waals surface area contributed by atoms with Crippen molar-refractivity contribution in [2.24, 2.45) is 5.92 Å². The molecule has 0 amide bonds. The highest BCUT2D eigenvalue weighted by molar-refractivity contribution is 5.47. The van der Waals surface area contributed by atoms with E-state index >= 15 is 0 Å². The Morgan fingerprint density at radius 3 is 2.93 bits per heavy atom. The Morgan fingerprint density at radius 2 is 2.20 bits per heavy atom. The van der Waals surface area contributed by atoms with E-state index in [1.165, 1.54) is 19.2 Å². The number of rotatable bonds is 1. The topological polar surface area (TPSA) is 55.0 Å². The van der Waals surface area contributed by atoms with Gasteiger partial charge < -0.3 is 10.6 Å². The first-order valence-corrected chi connectivity index (χ1v) is 5.52. The van der Waals surface area contributed by atoms with Gasteiger partial charge >= 0.3 is 0 Å². The molecule has 15 heavy (non-hydrogen) atoms. The Morgan fingerprint density at radius 1 is 1.40 bits per heavy atom. The van der Waals surface area contributed by atoms with Crippen LogP contribution in [-0.2, 0) is 0 Å². The monoisotopic (exact) mass is 206 g/mol. The normalized spacial score (nSPS) is 26.7. The van der Waals surface area contributed by atoms with Gasteiger partial charge in [-0.2, -0.15) is 0 Å². The molecule has 2 unspecified atom stereocenters. The summed E-state index contributed by atoms with van der Waals surface area (Å²) in [6.07, 6.45) is 4.07. The van der Waals surface area contributed by atoms with Crippen molar-refractivity contribution in [3.8, 4) is 0 Å². The maximum atomic E-state index is 5.67. The molecule has 2 rings (SSSR count). The summed E-state index contributed by atoms with van der Waals surface area (Å²) in [5.74, 6) is 2.22. The highest BCUT2D eigenvalue weighted by atomic mass is 15.2. The van der Waals surface area contributed by atoms with Crippen LogP contribution >= 0.6 is 0 Å². The Hall–Kier alpha value is -1.32. The lowest BCUT2D eigenvalue weighted by Gasteiger charge is -2.38. The molecule has 1 fully saturated rings. The van der Waals surface area contributed by atoms with E-state index in [0.717, 1.165) is 18.3 Å². The highest BCUT2D eigenvalue weighted by Gasteiger charge is 2.25. The SMILES string of the molecule is CC1CCCN(c2cc(N)ncn2)C1C. The molecule has 2 atom stereocenters. The van der Waals surface area contributed by atoms with Gasteiger partial charge in [0.15, 0.2) is 0 Å². The third-order valence-corrected chi connectivity index (χ3v) is 3.34. The molecule has 1 aromatic heterocycles. The molecular formula is C11H18N4. The maximum absolute atomic E-state index is 5.67. The minimum absolute atomic E-state index is 0.535. The van der Waals surface area contributed by atoms with E-state index < -0.39 is 0 Å². The Bertz CT molecular complexity index is 339. The fourth-order valence-electron chi connectivity index (χ4n) is 2.18. The molecule has 0 spiro atoms. The second-order valence-electron chi connectivity index (χ2n) is 4.35. The van der Waals surface area contributed by atoms with Gasteiger partial charge in [-0.25, -0.2) is 9.97 Å². The van der Waals surface area contributed by atoms with Crippen LogP contribution in [0.2, 0.25) is 0 Å². The standard InChI is InChI=1S/C11H18N4/c1-8-4-3-5-15(9(8)2)11-6-10(12)13-7-14-11/h6-9H,3-5H2,1-2H3,(H2,12,13,14). The molecule has 4 nitrogen and oxygen atoms in total. The van der Waals surface area contributed by atoms with Gasteiger partial charge in [0.2, 0.25) is 0 Å². The largest absolute Gasteiger partial charge is 0.384 e. The summed E-state index contributed by atoms with van der Waals surface area (Å²) < 4.78 is 0. The van der Waals surface area contributed by atoms with Crippen LogP contribution in [0.5, 0.6) is 0 Å². The number of piperidine rings is 1. The summed E-state index contributed by atoms with van der Waals surface area (Å²) >= 11 is 0. The summed E-state index contributed by atoms with van der Waals surface area (Å²) in [6, 6.07) is 2.39. The van der Waals surface area contributed by atoms with Crippen molar-refractivity contribution in [1.29, 1.82) is 0 Å². The average molecular weight is 206 g/mol. The number of nitrogen functional groups attached to an aromatic ring is 1. The van der Waals surface area contributed by atoms with Crippen molar-refractivity contribution in [2.75, 3.05) is 17.2 Å². The van der Waals surface area contributed by atoms with E-state index in [1.54, 1.807) is 0 Å². The second-order valence-corrected chi connectivity index (χ2v) is 4.35. The van der Waals surface area contributed by atoms with Gasteiger partial charge in [-0.15, -0.1) is 0 Å². The van der Waals surface area contributed by atoms with Gasteiger partial charge in [0.1, 0.15) is 18.0 Å². The molecule has 0 aliphatic carbocycles. The fourth-order valence-corrected chi connectivity index (χ4v) is 2.18. The lowest BCUT2D eigenvalue weighted by molar-refractivity contribution is 0.361. The fraction of sp³-hybridized carbons (Fsp3) is 0.636. The average Bonchev–Trinajstić information content (AvgIpc) is 2.22. The van der Waals surface area contributed by atoms with Gasteiger partial charge in [0.05, 0.1) is 0 Å². The van der Waals surface area contributed by atoms with E-state index in [0.29, 0.717) is 11.9 Å². The Balaban J connectivity index is 2.22. The smallest absolute Gasteiger partial charge is 0.134 e. The predicted molar refractivity (Wildman–Crippen MR) is 61.7 cm³/mol. The molecule has 1 aromatic rings. The van der Waals surface area contributed by atoms with Gasteiger partial charge in [-0.05, 0) is 25.7 Å². The molecule has 2 heterocycles. The summed E-state index contributed by atoms with van der Waals surface area (Å²) in [4.78, 5) is 10.5. The van der Waals surface area contributed by atoms with Gasteiger partial charge in [-0.3, -0.25) is 0 Å². The van der Waals surface area contributed by atoms with E-state index in [-0.39, 0.29) is 0 Å². The van der Waals surface area contributed by atoms with Crippen molar-refractivity contribution >= 4 is 11.6 Å². The van der Waals surface area contributed by atoms with E-state index in [9.17, 15) is 0 Å². The predicted octanol–water partition coefficient (Wildman–Crippen LogP) is 1.68. The van der Waals surface area contributed by atoms with E-state index in [4.69, 9.17) is 5.73 Å². The summed E-state index contributed by atoms with van der Waals surface area (Å²) in [5, 5.41) is 0. The van der Waals surface area contributed by atoms with Crippen LogP contribution in [0.1, 0.15) is 26.7 Å². The first-order chi connectivity index (χ1) is 7.18. The third-order valence-electron chi connectivity index (χ3n) is 3.34. The first kappa shape index (κ1) is 10.2. The van der Waals surface area contributed by atoms with Crippen molar-refractivity contribution in [3.63, 3.8) is 0 Å². The van der Waals surface area contributed by atoms with Crippen LogP contribution in [-0.4, -0.2) is 22.6 Å². The number of hydrogen-bond acceptors (Lipinski definition) is 4. The molecule has 4 heteroatoms. The molecule has 0 saturated carbocycles. The summed E-state index contributed by atoms with van der Waals surface area (Å²) in [6.45, 7) is 5.62. The highest BCUT2D eigenvalue weighted by Crippen LogP contribution is 2.27. The first-order valence-electron chi connectivity index (χ1n) is 5.52. The van der Waals surface area contributed by atoms with E-state index in [1.807, 2.05) is 6.07 Å². The molecule has 1 aliphatic heterocycles. The zero-order chi connectivity index (χ0) is 10.8. The van der Waals surface area contributed by atoms with Crippen LogP contribution < -0.4 is 10.6 Å². The zero-order valence-corrected chi connectivity index (χ0v) is 9.35. The second kappa shape index (κ2) is 4.04. The Kier molecular flexibility index (Phi) is 2.75. The van der Waals surface area contributed by atoms with Crippen molar-refractivity contribution in [2.45, 2.75) is 32.7 Å².